The van der Waals surface area contributed by atoms with Crippen LogP contribution in [0.4, 0.5) is 4.79 Å². The zero-order valence-corrected chi connectivity index (χ0v) is 17.7. The Kier molecular flexibility index (Phi) is 33.6. The first-order chi connectivity index (χ1) is 10.1. The Morgan fingerprint density at radius 3 is 1.00 bits per heavy atom. The molecule has 0 saturated carbocycles. The van der Waals surface area contributed by atoms with E-state index in [0.29, 0.717) is 0 Å². The number of primary amides is 2. The first-order valence-electron chi connectivity index (χ1n) is 5.20. The van der Waals surface area contributed by atoms with E-state index in [1.165, 1.54) is 0 Å². The number of hydrogen-bond acceptors (Lipinski definition) is 7. The van der Waals surface area contributed by atoms with Crippen LogP contribution in [0.15, 0.2) is 50.6 Å². The Bertz CT molecular complexity index is 459. The molecule has 0 aliphatic heterocycles. The molecule has 9 nitrogen and oxygen atoms in total. The predicted octanol–water partition coefficient (Wildman–Crippen LogP) is -5.89. The van der Waals surface area contributed by atoms with Gasteiger partial charge in [0.25, 0.3) is 0 Å². The fourth-order valence-corrected chi connectivity index (χ4v) is 0.268. The number of rotatable bonds is 4. The van der Waals surface area contributed by atoms with E-state index in [1.807, 2.05) is 0 Å². The summed E-state index contributed by atoms with van der Waals surface area (Å²) in [6.45, 7) is 12.2. The second kappa shape index (κ2) is 23.8. The molecule has 0 spiro atoms. The van der Waals surface area contributed by atoms with E-state index in [-0.39, 0.29) is 62.0 Å². The molecular formula is C13H18N2Na2O7. The Morgan fingerprint density at radius 1 is 0.667 bits per heavy atom. The van der Waals surface area contributed by atoms with E-state index >= 15 is 0 Å². The van der Waals surface area contributed by atoms with E-state index in [9.17, 15) is 24.0 Å². The van der Waals surface area contributed by atoms with E-state index in [1.54, 1.807) is 0 Å². The fourth-order valence-electron chi connectivity index (χ4n) is 0.268. The van der Waals surface area contributed by atoms with Gasteiger partial charge in [-0.15, -0.1) is 0 Å². The Hall–Kier alpha value is -1.49. The first kappa shape index (κ1) is 34.0. The number of carbonyl (C=O) groups is 5. The van der Waals surface area contributed by atoms with Gasteiger partial charge >= 0.3 is 77.2 Å². The van der Waals surface area contributed by atoms with Crippen LogP contribution in [0, 0.1) is 0 Å². The number of amides is 2. The number of nitrogens with two attached hydrogens (primary N) is 2. The van der Waals surface area contributed by atoms with Gasteiger partial charge in [-0.25, -0.2) is 14.4 Å². The Morgan fingerprint density at radius 2 is 0.875 bits per heavy atom. The number of carbonyl (C=O) groups excluding carboxylic acids is 5. The molecule has 11 heteroatoms. The van der Waals surface area contributed by atoms with Crippen molar-refractivity contribution in [2.45, 2.75) is 0 Å². The maximum atomic E-state index is 10.4. The summed E-state index contributed by atoms with van der Waals surface area (Å²) in [5.74, 6) is -2.94. The third-order valence-electron chi connectivity index (χ3n) is 1.10. The molecule has 2 amide bonds. The van der Waals surface area contributed by atoms with Crippen molar-refractivity contribution < 1.29 is 95.4 Å². The van der Waals surface area contributed by atoms with Gasteiger partial charge < -0.3 is 23.8 Å². The molecule has 0 aliphatic rings. The van der Waals surface area contributed by atoms with Crippen LogP contribution in [0.1, 0.15) is 2.85 Å². The van der Waals surface area contributed by atoms with Crippen molar-refractivity contribution in [1.82, 2.24) is 0 Å². The summed E-state index contributed by atoms with van der Waals surface area (Å²) in [4.78, 5) is 50.0. The monoisotopic (exact) mass is 360 g/mol. The van der Waals surface area contributed by atoms with Crippen LogP contribution in [0.2, 0.25) is 0 Å². The second-order valence-corrected chi connectivity index (χ2v) is 2.71. The summed E-state index contributed by atoms with van der Waals surface area (Å²) >= 11 is 0. The second-order valence-electron chi connectivity index (χ2n) is 2.71. The van der Waals surface area contributed by atoms with Crippen molar-refractivity contribution in [1.29, 1.82) is 0 Å². The van der Waals surface area contributed by atoms with Gasteiger partial charge in [0.1, 0.15) is 0 Å². The van der Waals surface area contributed by atoms with Crippen molar-refractivity contribution >= 4 is 29.9 Å². The van der Waals surface area contributed by atoms with Crippen molar-refractivity contribution in [3.8, 4) is 0 Å². The minimum Gasteiger partial charge on any atom is -1.00 e. The minimum atomic E-state index is -1.40. The number of hydrogen-bond donors (Lipinski definition) is 2. The van der Waals surface area contributed by atoms with Crippen molar-refractivity contribution in [3.63, 3.8) is 0 Å². The molecule has 0 rings (SSSR count). The Labute approximate surface area is 186 Å². The topological polar surface area (TPSA) is 156 Å². The van der Waals surface area contributed by atoms with Gasteiger partial charge in [-0.05, 0) is 12.2 Å². The summed E-state index contributed by atoms with van der Waals surface area (Å²) in [7, 11) is 0. The zero-order chi connectivity index (χ0) is 18.1. The number of esters is 2. The van der Waals surface area contributed by atoms with Gasteiger partial charge in [0.2, 0.25) is 11.8 Å². The maximum absolute atomic E-state index is 10.4. The van der Waals surface area contributed by atoms with E-state index in [4.69, 9.17) is 0 Å². The van der Waals surface area contributed by atoms with Crippen molar-refractivity contribution in [2.75, 3.05) is 0 Å². The molecule has 0 atom stereocenters. The third-order valence-corrected chi connectivity index (χ3v) is 1.10. The summed E-state index contributed by atoms with van der Waals surface area (Å²) in [6, 6.07) is 0. The van der Waals surface area contributed by atoms with Gasteiger partial charge in [-0.3, -0.25) is 9.59 Å². The molecule has 124 valence electrons. The normalized spacial score (nSPS) is 6.67. The minimum absolute atomic E-state index is 0. The van der Waals surface area contributed by atoms with E-state index in [2.05, 4.69) is 47.3 Å². The van der Waals surface area contributed by atoms with Crippen LogP contribution in [0.3, 0.4) is 0 Å². The van der Waals surface area contributed by atoms with E-state index in [0.717, 1.165) is 24.3 Å². The average Bonchev–Trinajstić information content (AvgIpc) is 2.47. The molecule has 0 aliphatic carbocycles. The quantitative estimate of drug-likeness (QED) is 0.219. The predicted molar refractivity (Wildman–Crippen MR) is 79.0 cm³/mol. The molecule has 4 N–H and O–H groups in total. The van der Waals surface area contributed by atoms with Gasteiger partial charge in [0.05, 0.1) is 0 Å². The van der Waals surface area contributed by atoms with Crippen LogP contribution in [0.5, 0.6) is 0 Å². The number of ether oxygens (including phenoxy) is 2. The smallest absolute Gasteiger partial charge is 1.00 e. The zero-order valence-electron chi connectivity index (χ0n) is 15.7. The van der Waals surface area contributed by atoms with Gasteiger partial charge in [-0.1, -0.05) is 26.3 Å². The molecule has 0 aromatic carbocycles. The van der Waals surface area contributed by atoms with Crippen LogP contribution >= 0.6 is 0 Å². The largest absolute Gasteiger partial charge is 1.00 e. The fraction of sp³-hybridized carbons (Fsp3) is 0. The molecule has 0 bridgehead atoms. The summed E-state index contributed by atoms with van der Waals surface area (Å²) < 4.78 is 7.77. The van der Waals surface area contributed by atoms with Gasteiger partial charge in [-0.2, -0.15) is 0 Å². The molecule has 0 unspecified atom stereocenters. The molecule has 0 saturated heterocycles. The summed E-state index contributed by atoms with van der Waals surface area (Å²) in [5.41, 5.74) is 9.07. The first-order valence-corrected chi connectivity index (χ1v) is 5.20. The van der Waals surface area contributed by atoms with Crippen molar-refractivity contribution in [3.05, 3.63) is 50.6 Å². The van der Waals surface area contributed by atoms with Gasteiger partial charge in [0.15, 0.2) is 0 Å². The maximum Gasteiger partial charge on any atom is 1.00 e. The van der Waals surface area contributed by atoms with Gasteiger partial charge in [0, 0.05) is 12.2 Å². The van der Waals surface area contributed by atoms with Crippen molar-refractivity contribution in [2.24, 2.45) is 11.5 Å². The molecule has 0 fully saturated rings. The molecule has 0 aromatic heterocycles. The standard InChI is InChI=1S/C7H6O5.2C3H5NO.2Na.2H/c1-3-5(8)11-7(10)12-6(9)4-2;2*1-2-3(4)5;;;;/h3-4H,1-2H2;2*2H,1H2,(H2,4,5);;;;/q;;;2*+1;2*-1. The van der Waals surface area contributed by atoms with Crippen LogP contribution in [-0.2, 0) is 28.7 Å². The SMILES string of the molecule is C=CC(=O)OC(=O)OC(=O)C=C.C=CC(N)=O.C=CC(N)=O.[H-].[H-].[Na+].[Na+]. The summed E-state index contributed by atoms with van der Waals surface area (Å²) in [6.07, 6.45) is 2.24. The average molecular weight is 360 g/mol. The molecule has 0 aromatic rings. The Balaban J connectivity index is -0.0000000443. The van der Waals surface area contributed by atoms with Crippen LogP contribution in [-0.4, -0.2) is 29.9 Å². The molecule has 0 heterocycles. The molecular weight excluding hydrogens is 342 g/mol. The van der Waals surface area contributed by atoms with E-state index < -0.39 is 29.9 Å². The summed E-state index contributed by atoms with van der Waals surface area (Å²) in [5, 5.41) is 0. The van der Waals surface area contributed by atoms with Crippen LogP contribution in [0.25, 0.3) is 0 Å². The molecule has 0 radical (unpaired) electrons. The van der Waals surface area contributed by atoms with Crippen LogP contribution < -0.4 is 70.6 Å². The third kappa shape index (κ3) is 37.1. The molecule has 24 heavy (non-hydrogen) atoms.